The summed E-state index contributed by atoms with van der Waals surface area (Å²) in [5.41, 5.74) is 2.06. The van der Waals surface area contributed by atoms with E-state index in [1.807, 2.05) is 44.4 Å². The van der Waals surface area contributed by atoms with Crippen molar-refractivity contribution in [1.82, 2.24) is 14.8 Å². The van der Waals surface area contributed by atoms with Gasteiger partial charge in [0.2, 0.25) is 0 Å². The molecule has 2 heterocycles. The van der Waals surface area contributed by atoms with Crippen molar-refractivity contribution in [3.8, 4) is 5.69 Å². The minimum atomic E-state index is -0.967. The molecule has 2 aromatic rings. The van der Waals surface area contributed by atoms with Crippen LogP contribution in [0.5, 0.6) is 0 Å². The molecular formula is C22H26ClN3O3. The Morgan fingerprint density at radius 3 is 2.38 bits per heavy atom. The van der Waals surface area contributed by atoms with Gasteiger partial charge in [0.05, 0.1) is 6.54 Å². The van der Waals surface area contributed by atoms with Crippen LogP contribution in [-0.2, 0) is 4.79 Å². The second kappa shape index (κ2) is 7.67. The number of hydrogen-bond donors (Lipinski definition) is 1. The van der Waals surface area contributed by atoms with E-state index in [-0.39, 0.29) is 24.2 Å². The van der Waals surface area contributed by atoms with E-state index in [4.69, 9.17) is 11.6 Å². The first-order valence-corrected chi connectivity index (χ1v) is 10.0. The maximum absolute atomic E-state index is 13.0. The molecule has 1 saturated heterocycles. The summed E-state index contributed by atoms with van der Waals surface area (Å²) in [6.07, 6.45) is 0.521. The quantitative estimate of drug-likeness (QED) is 0.565. The molecular weight excluding hydrogens is 390 g/mol. The SMILES string of the molecule is Cc1cc(C(=O)CN2C(=O)N[C@](C)(CC(C)C)C2=O)c(C)n1-c1ccc(Cl)cc1. The minimum absolute atomic E-state index is 0.234. The predicted octanol–water partition coefficient (Wildman–Crippen LogP) is 4.29. The lowest BCUT2D eigenvalue weighted by Crippen LogP contribution is -2.45. The van der Waals surface area contributed by atoms with E-state index in [0.717, 1.165) is 22.0 Å². The molecule has 0 saturated carbocycles. The van der Waals surface area contributed by atoms with Crippen LogP contribution in [0, 0.1) is 19.8 Å². The maximum Gasteiger partial charge on any atom is 0.325 e. The Kier molecular flexibility index (Phi) is 5.59. The molecule has 0 radical (unpaired) electrons. The first-order chi connectivity index (χ1) is 13.5. The molecule has 1 fully saturated rings. The number of halogens is 1. The van der Waals surface area contributed by atoms with E-state index >= 15 is 0 Å². The highest BCUT2D eigenvalue weighted by Crippen LogP contribution is 2.27. The van der Waals surface area contributed by atoms with Crippen LogP contribution in [0.1, 0.15) is 48.9 Å². The Bertz CT molecular complexity index is 978. The number of rotatable bonds is 6. The number of amides is 3. The standard InChI is InChI=1S/C22H26ClN3O3/c1-13(2)11-22(5)20(28)25(21(29)24-22)12-19(27)18-10-14(3)26(15(18)4)17-8-6-16(23)7-9-17/h6-10,13H,11-12H2,1-5H3,(H,24,29)/t22-/m1/s1. The molecule has 29 heavy (non-hydrogen) atoms. The van der Waals surface area contributed by atoms with E-state index < -0.39 is 11.6 Å². The first-order valence-electron chi connectivity index (χ1n) is 9.65. The monoisotopic (exact) mass is 415 g/mol. The zero-order chi connectivity index (χ0) is 21.5. The number of imide groups is 1. The van der Waals surface area contributed by atoms with Crippen LogP contribution < -0.4 is 5.32 Å². The summed E-state index contributed by atoms with van der Waals surface area (Å²) in [7, 11) is 0. The van der Waals surface area contributed by atoms with Crippen molar-refractivity contribution >= 4 is 29.3 Å². The molecule has 0 bridgehead atoms. The number of carbonyl (C=O) groups is 3. The van der Waals surface area contributed by atoms with Crippen molar-refractivity contribution in [1.29, 1.82) is 0 Å². The number of hydrogen-bond acceptors (Lipinski definition) is 3. The minimum Gasteiger partial charge on any atom is -0.323 e. The average molecular weight is 416 g/mol. The van der Waals surface area contributed by atoms with Gasteiger partial charge in [-0.2, -0.15) is 0 Å². The third-order valence-corrected chi connectivity index (χ3v) is 5.53. The summed E-state index contributed by atoms with van der Waals surface area (Å²) in [6.45, 7) is 9.18. The molecule has 1 aliphatic heterocycles. The van der Waals surface area contributed by atoms with Gasteiger partial charge in [0.15, 0.2) is 5.78 Å². The van der Waals surface area contributed by atoms with Crippen molar-refractivity contribution in [3.05, 3.63) is 52.3 Å². The van der Waals surface area contributed by atoms with Crippen molar-refractivity contribution in [2.24, 2.45) is 5.92 Å². The van der Waals surface area contributed by atoms with E-state index in [0.29, 0.717) is 17.0 Å². The van der Waals surface area contributed by atoms with Gasteiger partial charge >= 0.3 is 6.03 Å². The molecule has 1 atom stereocenters. The number of carbonyl (C=O) groups excluding carboxylic acids is 3. The lowest BCUT2D eigenvalue weighted by atomic mass is 9.91. The number of aryl methyl sites for hydroxylation is 1. The Morgan fingerprint density at radius 2 is 1.79 bits per heavy atom. The first kappa shape index (κ1) is 21.1. The van der Waals surface area contributed by atoms with Crippen LogP contribution in [0.15, 0.2) is 30.3 Å². The molecule has 3 rings (SSSR count). The summed E-state index contributed by atoms with van der Waals surface area (Å²) in [4.78, 5) is 39.2. The number of aromatic nitrogens is 1. The van der Waals surface area contributed by atoms with Crippen LogP contribution in [0.2, 0.25) is 5.02 Å². The predicted molar refractivity (Wildman–Crippen MR) is 113 cm³/mol. The second-order valence-electron chi connectivity index (χ2n) is 8.27. The van der Waals surface area contributed by atoms with Gasteiger partial charge in [0, 0.05) is 27.7 Å². The zero-order valence-electron chi connectivity index (χ0n) is 17.4. The maximum atomic E-state index is 13.0. The molecule has 7 heteroatoms. The Balaban J connectivity index is 1.85. The second-order valence-corrected chi connectivity index (χ2v) is 8.71. The smallest absolute Gasteiger partial charge is 0.323 e. The normalized spacial score (nSPS) is 19.2. The van der Waals surface area contributed by atoms with Gasteiger partial charge in [-0.15, -0.1) is 0 Å². The highest BCUT2D eigenvalue weighted by atomic mass is 35.5. The van der Waals surface area contributed by atoms with Gasteiger partial charge in [-0.1, -0.05) is 25.4 Å². The fourth-order valence-electron chi connectivity index (χ4n) is 4.11. The van der Waals surface area contributed by atoms with Crippen LogP contribution in [-0.4, -0.2) is 39.3 Å². The van der Waals surface area contributed by atoms with Crippen LogP contribution in [0.25, 0.3) is 5.69 Å². The lowest BCUT2D eigenvalue weighted by molar-refractivity contribution is -0.131. The number of nitrogens with zero attached hydrogens (tertiary/aromatic N) is 2. The van der Waals surface area contributed by atoms with E-state index in [9.17, 15) is 14.4 Å². The summed E-state index contributed by atoms with van der Waals surface area (Å²) >= 11 is 5.97. The van der Waals surface area contributed by atoms with E-state index in [1.54, 1.807) is 25.1 Å². The van der Waals surface area contributed by atoms with Gasteiger partial charge in [0.25, 0.3) is 5.91 Å². The lowest BCUT2D eigenvalue weighted by Gasteiger charge is -2.23. The van der Waals surface area contributed by atoms with Crippen molar-refractivity contribution in [2.45, 2.75) is 46.6 Å². The van der Waals surface area contributed by atoms with Crippen LogP contribution >= 0.6 is 11.6 Å². The molecule has 3 amide bonds. The molecule has 1 N–H and O–H groups in total. The number of nitrogens with one attached hydrogen (secondary N) is 1. The van der Waals surface area contributed by atoms with E-state index in [1.165, 1.54) is 0 Å². The fourth-order valence-corrected chi connectivity index (χ4v) is 4.23. The van der Waals surface area contributed by atoms with Gasteiger partial charge in [-0.25, -0.2) is 4.79 Å². The summed E-state index contributed by atoms with van der Waals surface area (Å²) < 4.78 is 1.96. The third kappa shape index (κ3) is 3.94. The molecule has 0 unspecified atom stereocenters. The van der Waals surface area contributed by atoms with E-state index in [2.05, 4.69) is 5.32 Å². The Hall–Kier alpha value is -2.60. The molecule has 154 valence electrons. The van der Waals surface area contributed by atoms with Crippen molar-refractivity contribution in [3.63, 3.8) is 0 Å². The molecule has 6 nitrogen and oxygen atoms in total. The topological polar surface area (TPSA) is 71.4 Å². The third-order valence-electron chi connectivity index (χ3n) is 5.28. The summed E-state index contributed by atoms with van der Waals surface area (Å²) in [5, 5.41) is 3.38. The number of urea groups is 1. The summed E-state index contributed by atoms with van der Waals surface area (Å²) in [5.74, 6) is -0.384. The van der Waals surface area contributed by atoms with Crippen molar-refractivity contribution in [2.75, 3.05) is 6.54 Å². The Labute approximate surface area is 175 Å². The van der Waals surface area contributed by atoms with Crippen LogP contribution in [0.4, 0.5) is 4.79 Å². The fraction of sp³-hybridized carbons (Fsp3) is 0.409. The average Bonchev–Trinajstić information content (AvgIpc) is 3.03. The van der Waals surface area contributed by atoms with Gasteiger partial charge < -0.3 is 9.88 Å². The molecule has 1 aromatic carbocycles. The number of benzene rings is 1. The summed E-state index contributed by atoms with van der Waals surface area (Å²) in [6, 6.07) is 8.62. The molecule has 1 aliphatic rings. The Morgan fingerprint density at radius 1 is 1.17 bits per heavy atom. The largest absolute Gasteiger partial charge is 0.325 e. The van der Waals surface area contributed by atoms with Gasteiger partial charge in [-0.05, 0) is 63.4 Å². The molecule has 0 aliphatic carbocycles. The van der Waals surface area contributed by atoms with Crippen LogP contribution in [0.3, 0.4) is 0 Å². The highest BCUT2D eigenvalue weighted by molar-refractivity contribution is 6.30. The number of ketones is 1. The van der Waals surface area contributed by atoms with Gasteiger partial charge in [0.1, 0.15) is 5.54 Å². The highest BCUT2D eigenvalue weighted by Gasteiger charge is 2.48. The molecule has 0 spiro atoms. The van der Waals surface area contributed by atoms with Gasteiger partial charge in [-0.3, -0.25) is 14.5 Å². The molecule has 1 aromatic heterocycles. The number of Topliss-reactive ketones (excluding diaryl/α,β-unsaturated/α-hetero) is 1. The van der Waals surface area contributed by atoms with Crippen molar-refractivity contribution < 1.29 is 14.4 Å². The zero-order valence-corrected chi connectivity index (χ0v) is 18.1.